The number of aryl methyl sites for hydroxylation is 1. The van der Waals surface area contributed by atoms with Crippen LogP contribution in [-0.4, -0.2) is 49.7 Å². The highest BCUT2D eigenvalue weighted by atomic mass is 32.2. The van der Waals surface area contributed by atoms with Gasteiger partial charge in [-0.2, -0.15) is 4.31 Å². The fourth-order valence-electron chi connectivity index (χ4n) is 4.53. The number of hydrogen-bond acceptors (Lipinski definition) is 6. The summed E-state index contributed by atoms with van der Waals surface area (Å²) in [4.78, 5) is 25.7. The summed E-state index contributed by atoms with van der Waals surface area (Å²) in [5.74, 6) is -0.403. The van der Waals surface area contributed by atoms with E-state index in [1.807, 2.05) is 24.3 Å². The first kappa shape index (κ1) is 23.2. The number of rotatable bonds is 6. The first-order valence-electron chi connectivity index (χ1n) is 11.2. The lowest BCUT2D eigenvalue weighted by molar-refractivity contribution is -0.385. The number of para-hydroxylation sites is 2. The minimum Gasteiger partial charge on any atom is -0.370 e. The molecule has 0 atom stereocenters. The minimum atomic E-state index is -3.88. The number of nitrogens with zero attached hydrogens (tertiary/aromatic N) is 3. The van der Waals surface area contributed by atoms with E-state index in [1.54, 1.807) is 6.92 Å². The third kappa shape index (κ3) is 4.86. The molecule has 2 fully saturated rings. The summed E-state index contributed by atoms with van der Waals surface area (Å²) < 4.78 is 27.6. The molecular formula is C23H28N4O5S. The second-order valence-electron chi connectivity index (χ2n) is 8.59. The van der Waals surface area contributed by atoms with Crippen molar-refractivity contribution >= 4 is 33.0 Å². The highest BCUT2D eigenvalue weighted by molar-refractivity contribution is 7.89. The van der Waals surface area contributed by atoms with Gasteiger partial charge >= 0.3 is 0 Å². The highest BCUT2D eigenvalue weighted by Gasteiger charge is 2.34. The number of hydrogen-bond donors (Lipinski definition) is 1. The Hall–Kier alpha value is -2.98. The molecule has 0 unspecified atom stereocenters. The number of carbonyl (C=O) groups is 1. The number of nitro groups is 1. The smallest absolute Gasteiger partial charge is 0.270 e. The Morgan fingerprint density at radius 1 is 1.06 bits per heavy atom. The van der Waals surface area contributed by atoms with E-state index in [4.69, 9.17) is 0 Å². The molecule has 0 saturated carbocycles. The van der Waals surface area contributed by atoms with Gasteiger partial charge in [-0.1, -0.05) is 18.2 Å². The second-order valence-corrected chi connectivity index (χ2v) is 10.5. The van der Waals surface area contributed by atoms with E-state index in [-0.39, 0.29) is 35.5 Å². The summed E-state index contributed by atoms with van der Waals surface area (Å²) >= 11 is 0. The zero-order chi connectivity index (χ0) is 23.6. The van der Waals surface area contributed by atoms with Crippen LogP contribution in [0, 0.1) is 23.0 Å². The molecule has 2 aliphatic heterocycles. The molecule has 1 amide bonds. The number of amides is 1. The maximum atomic E-state index is 13.1. The topological polar surface area (TPSA) is 113 Å². The molecule has 9 nitrogen and oxygen atoms in total. The van der Waals surface area contributed by atoms with Crippen molar-refractivity contribution < 1.29 is 18.1 Å². The minimum absolute atomic E-state index is 0.0563. The summed E-state index contributed by atoms with van der Waals surface area (Å²) in [7, 11) is -3.88. The number of anilines is 2. The largest absolute Gasteiger partial charge is 0.370 e. The molecule has 0 aliphatic carbocycles. The molecule has 1 N–H and O–H groups in total. The van der Waals surface area contributed by atoms with Gasteiger partial charge in [0, 0.05) is 44.2 Å². The Morgan fingerprint density at radius 2 is 1.73 bits per heavy atom. The normalized spacial score (nSPS) is 17.8. The van der Waals surface area contributed by atoms with E-state index in [9.17, 15) is 23.3 Å². The summed E-state index contributed by atoms with van der Waals surface area (Å²) in [6.07, 6.45) is 3.06. The monoisotopic (exact) mass is 472 g/mol. The van der Waals surface area contributed by atoms with Gasteiger partial charge in [0.05, 0.1) is 21.2 Å². The van der Waals surface area contributed by atoms with Crippen molar-refractivity contribution in [3.8, 4) is 0 Å². The van der Waals surface area contributed by atoms with Crippen LogP contribution in [0.1, 0.15) is 31.2 Å². The lowest BCUT2D eigenvalue weighted by Gasteiger charge is -2.31. The standard InChI is InChI=1S/C23H28N4O5S/c1-17-8-9-19(27(29)30)16-22(17)33(31,32)26-14-10-18(11-15-26)23(28)24-20-6-2-3-7-21(20)25-12-4-5-13-25/h2-3,6-9,16,18H,4-5,10-15H2,1H3,(H,24,28). The van der Waals surface area contributed by atoms with Crippen LogP contribution in [0.4, 0.5) is 17.1 Å². The summed E-state index contributed by atoms with van der Waals surface area (Å²) in [5, 5.41) is 14.1. The average molecular weight is 473 g/mol. The van der Waals surface area contributed by atoms with Crippen molar-refractivity contribution in [1.82, 2.24) is 4.31 Å². The molecule has 33 heavy (non-hydrogen) atoms. The van der Waals surface area contributed by atoms with Crippen molar-refractivity contribution in [2.75, 3.05) is 36.4 Å². The number of non-ortho nitro benzene ring substituents is 1. The SMILES string of the molecule is Cc1ccc([N+](=O)[O-])cc1S(=O)(=O)N1CCC(C(=O)Nc2ccccc2N2CCCC2)CC1. The number of sulfonamides is 1. The van der Waals surface area contributed by atoms with Gasteiger partial charge in [-0.25, -0.2) is 8.42 Å². The zero-order valence-electron chi connectivity index (χ0n) is 18.6. The molecule has 4 rings (SSSR count). The maximum absolute atomic E-state index is 13.1. The molecular weight excluding hydrogens is 444 g/mol. The van der Waals surface area contributed by atoms with Crippen molar-refractivity contribution in [2.24, 2.45) is 5.92 Å². The average Bonchev–Trinajstić information content (AvgIpc) is 3.34. The van der Waals surface area contributed by atoms with Crippen molar-refractivity contribution in [3.63, 3.8) is 0 Å². The van der Waals surface area contributed by atoms with Crippen molar-refractivity contribution in [3.05, 3.63) is 58.1 Å². The summed E-state index contributed by atoms with van der Waals surface area (Å²) in [6, 6.07) is 11.6. The molecule has 0 spiro atoms. The second kappa shape index (κ2) is 9.48. The van der Waals surface area contributed by atoms with Crippen LogP contribution >= 0.6 is 0 Å². The molecule has 0 aromatic heterocycles. The first-order valence-corrected chi connectivity index (χ1v) is 12.6. The van der Waals surface area contributed by atoms with Gasteiger partial charge in [0.2, 0.25) is 15.9 Å². The Labute approximate surface area is 193 Å². The summed E-state index contributed by atoms with van der Waals surface area (Å²) in [5.41, 5.74) is 2.00. The van der Waals surface area contributed by atoms with E-state index in [1.165, 1.54) is 16.4 Å². The van der Waals surface area contributed by atoms with E-state index in [0.29, 0.717) is 18.4 Å². The zero-order valence-corrected chi connectivity index (χ0v) is 19.4. The van der Waals surface area contributed by atoms with Gasteiger partial charge in [-0.05, 0) is 50.3 Å². The van der Waals surface area contributed by atoms with E-state index in [0.717, 1.165) is 43.4 Å². The molecule has 2 aliphatic rings. The molecule has 2 heterocycles. The van der Waals surface area contributed by atoms with Crippen LogP contribution in [0.25, 0.3) is 0 Å². The lowest BCUT2D eigenvalue weighted by Crippen LogP contribution is -2.41. The van der Waals surface area contributed by atoms with Crippen LogP contribution in [0.5, 0.6) is 0 Å². The van der Waals surface area contributed by atoms with Crippen LogP contribution in [0.2, 0.25) is 0 Å². The molecule has 0 radical (unpaired) electrons. The van der Waals surface area contributed by atoms with Crippen molar-refractivity contribution in [1.29, 1.82) is 0 Å². The Bertz CT molecular complexity index is 1150. The number of nitro benzene ring substituents is 1. The molecule has 0 bridgehead atoms. The Balaban J connectivity index is 1.43. The summed E-state index contributed by atoms with van der Waals surface area (Å²) in [6.45, 7) is 3.95. The number of nitrogens with one attached hydrogen (secondary N) is 1. The van der Waals surface area contributed by atoms with E-state index in [2.05, 4.69) is 10.2 Å². The highest BCUT2D eigenvalue weighted by Crippen LogP contribution is 2.31. The van der Waals surface area contributed by atoms with Crippen molar-refractivity contribution in [2.45, 2.75) is 37.5 Å². The van der Waals surface area contributed by atoms with Crippen LogP contribution in [-0.2, 0) is 14.8 Å². The molecule has 176 valence electrons. The Morgan fingerprint density at radius 3 is 2.39 bits per heavy atom. The van der Waals surface area contributed by atoms with E-state index < -0.39 is 14.9 Å². The van der Waals surface area contributed by atoms with Gasteiger partial charge in [-0.3, -0.25) is 14.9 Å². The fraction of sp³-hybridized carbons (Fsp3) is 0.435. The van der Waals surface area contributed by atoms with Crippen LogP contribution in [0.15, 0.2) is 47.4 Å². The van der Waals surface area contributed by atoms with Crippen LogP contribution < -0.4 is 10.2 Å². The molecule has 2 saturated heterocycles. The van der Waals surface area contributed by atoms with Gasteiger partial charge in [0.15, 0.2) is 0 Å². The third-order valence-electron chi connectivity index (χ3n) is 6.43. The molecule has 10 heteroatoms. The van der Waals surface area contributed by atoms with E-state index >= 15 is 0 Å². The first-order chi connectivity index (χ1) is 15.8. The number of piperidine rings is 1. The predicted molar refractivity (Wildman–Crippen MR) is 126 cm³/mol. The molecule has 2 aromatic carbocycles. The maximum Gasteiger partial charge on any atom is 0.270 e. The third-order valence-corrected chi connectivity index (χ3v) is 8.47. The Kier molecular flexibility index (Phi) is 6.66. The lowest BCUT2D eigenvalue weighted by atomic mass is 9.97. The fourth-order valence-corrected chi connectivity index (χ4v) is 6.24. The number of carbonyl (C=O) groups excluding carboxylic acids is 1. The predicted octanol–water partition coefficient (Wildman–Crippen LogP) is 3.54. The van der Waals surface area contributed by atoms with Gasteiger partial charge in [-0.15, -0.1) is 0 Å². The molecule has 2 aromatic rings. The van der Waals surface area contributed by atoms with Gasteiger partial charge in [0.25, 0.3) is 5.69 Å². The van der Waals surface area contributed by atoms with Gasteiger partial charge in [0.1, 0.15) is 0 Å². The quantitative estimate of drug-likeness (QED) is 0.508. The number of benzene rings is 2. The van der Waals surface area contributed by atoms with Gasteiger partial charge < -0.3 is 10.2 Å². The van der Waals surface area contributed by atoms with Crippen LogP contribution in [0.3, 0.4) is 0 Å².